The van der Waals surface area contributed by atoms with Crippen LogP contribution in [0.15, 0.2) is 12.1 Å². The number of anilines is 1. The highest BCUT2D eigenvalue weighted by Gasteiger charge is 2.15. The van der Waals surface area contributed by atoms with Crippen LogP contribution in [0.1, 0.15) is 6.92 Å². The average Bonchev–Trinajstić information content (AvgIpc) is 2.11. The molecular weight excluding hydrogens is 227 g/mol. The summed E-state index contributed by atoms with van der Waals surface area (Å²) in [6, 6.07) is 2.69. The van der Waals surface area contributed by atoms with Crippen LogP contribution in [0.4, 0.5) is 11.4 Å². The van der Waals surface area contributed by atoms with E-state index in [0.29, 0.717) is 17.3 Å². The van der Waals surface area contributed by atoms with Crippen molar-refractivity contribution in [1.82, 2.24) is 0 Å². The number of nitrogens with one attached hydrogen (secondary N) is 1. The van der Waals surface area contributed by atoms with Gasteiger partial charge in [0, 0.05) is 12.6 Å². The Bertz CT molecular complexity index is 369. The lowest BCUT2D eigenvalue weighted by Gasteiger charge is -2.05. The first-order chi connectivity index (χ1) is 6.56. The Labute approximate surface area is 91.0 Å². The fourth-order valence-corrected chi connectivity index (χ4v) is 1.34. The summed E-state index contributed by atoms with van der Waals surface area (Å²) < 4.78 is 0. The van der Waals surface area contributed by atoms with Crippen molar-refractivity contribution in [1.29, 1.82) is 0 Å². The molecule has 0 bridgehead atoms. The van der Waals surface area contributed by atoms with Gasteiger partial charge in [-0.3, -0.25) is 10.1 Å². The maximum absolute atomic E-state index is 10.6. The van der Waals surface area contributed by atoms with Crippen molar-refractivity contribution in [3.05, 3.63) is 32.3 Å². The SMILES string of the molecule is CCNc1cc(Cl)c(Cl)cc1[N+](=O)[O-]. The normalized spacial score (nSPS) is 9.93. The molecule has 0 amide bonds. The van der Waals surface area contributed by atoms with Gasteiger partial charge in [0.05, 0.1) is 15.0 Å². The van der Waals surface area contributed by atoms with E-state index in [2.05, 4.69) is 5.32 Å². The van der Waals surface area contributed by atoms with Crippen LogP contribution in [0.2, 0.25) is 10.0 Å². The highest BCUT2D eigenvalue weighted by molar-refractivity contribution is 6.42. The van der Waals surface area contributed by atoms with Gasteiger partial charge in [0.2, 0.25) is 0 Å². The minimum absolute atomic E-state index is 0.0683. The van der Waals surface area contributed by atoms with Crippen LogP contribution in [0.3, 0.4) is 0 Å². The standard InChI is InChI=1S/C8H8Cl2N2O2/c1-2-11-7-3-5(9)6(10)4-8(7)12(13)14/h3-4,11H,2H2,1H3. The second-order valence-corrected chi connectivity index (χ2v) is 3.39. The summed E-state index contributed by atoms with van der Waals surface area (Å²) in [7, 11) is 0. The fraction of sp³-hybridized carbons (Fsp3) is 0.250. The summed E-state index contributed by atoms with van der Waals surface area (Å²) in [5.74, 6) is 0. The van der Waals surface area contributed by atoms with E-state index in [4.69, 9.17) is 23.2 Å². The van der Waals surface area contributed by atoms with E-state index in [-0.39, 0.29) is 10.7 Å². The lowest BCUT2D eigenvalue weighted by Crippen LogP contribution is -2.01. The Hall–Kier alpha value is -1.00. The molecule has 0 heterocycles. The minimum Gasteiger partial charge on any atom is -0.380 e. The molecule has 0 saturated carbocycles. The molecule has 1 N–H and O–H groups in total. The first-order valence-corrected chi connectivity index (χ1v) is 4.69. The maximum Gasteiger partial charge on any atom is 0.293 e. The van der Waals surface area contributed by atoms with Crippen molar-refractivity contribution in [2.24, 2.45) is 0 Å². The van der Waals surface area contributed by atoms with Crippen LogP contribution in [-0.4, -0.2) is 11.5 Å². The van der Waals surface area contributed by atoms with Crippen LogP contribution >= 0.6 is 23.2 Å². The van der Waals surface area contributed by atoms with E-state index in [1.165, 1.54) is 12.1 Å². The van der Waals surface area contributed by atoms with E-state index in [9.17, 15) is 10.1 Å². The van der Waals surface area contributed by atoms with Gasteiger partial charge >= 0.3 is 0 Å². The predicted molar refractivity (Wildman–Crippen MR) is 57.3 cm³/mol. The van der Waals surface area contributed by atoms with Crippen LogP contribution in [0.5, 0.6) is 0 Å². The molecule has 1 rings (SSSR count). The van der Waals surface area contributed by atoms with Gasteiger partial charge < -0.3 is 5.32 Å². The lowest BCUT2D eigenvalue weighted by atomic mass is 10.2. The van der Waals surface area contributed by atoms with Crippen molar-refractivity contribution in [2.75, 3.05) is 11.9 Å². The Morgan fingerprint density at radius 3 is 2.50 bits per heavy atom. The number of nitro benzene ring substituents is 1. The van der Waals surface area contributed by atoms with Crippen LogP contribution in [0, 0.1) is 10.1 Å². The van der Waals surface area contributed by atoms with Gasteiger partial charge in [0.1, 0.15) is 5.69 Å². The van der Waals surface area contributed by atoms with E-state index in [1.807, 2.05) is 6.92 Å². The first-order valence-electron chi connectivity index (χ1n) is 3.93. The average molecular weight is 235 g/mol. The zero-order valence-corrected chi connectivity index (χ0v) is 8.89. The maximum atomic E-state index is 10.6. The third kappa shape index (κ3) is 2.27. The van der Waals surface area contributed by atoms with Crippen molar-refractivity contribution in [3.8, 4) is 0 Å². The predicted octanol–water partition coefficient (Wildman–Crippen LogP) is 3.33. The summed E-state index contributed by atoms with van der Waals surface area (Å²) in [6.45, 7) is 2.42. The smallest absolute Gasteiger partial charge is 0.293 e. The Morgan fingerprint density at radius 2 is 2.00 bits per heavy atom. The zero-order chi connectivity index (χ0) is 10.7. The molecule has 0 unspecified atom stereocenters. The van der Waals surface area contributed by atoms with Crippen molar-refractivity contribution >= 4 is 34.6 Å². The fourth-order valence-electron chi connectivity index (χ4n) is 1.02. The summed E-state index contributed by atoms with van der Waals surface area (Å²) in [5.41, 5.74) is 0.313. The number of nitrogens with zero attached hydrogens (tertiary/aromatic N) is 1. The topological polar surface area (TPSA) is 55.2 Å². The molecule has 0 spiro atoms. The molecule has 14 heavy (non-hydrogen) atoms. The number of hydrogen-bond acceptors (Lipinski definition) is 3. The molecule has 6 heteroatoms. The molecule has 0 aliphatic carbocycles. The molecule has 4 nitrogen and oxygen atoms in total. The zero-order valence-electron chi connectivity index (χ0n) is 7.38. The second kappa shape index (κ2) is 4.48. The summed E-state index contributed by atoms with van der Waals surface area (Å²) in [5, 5.41) is 13.9. The summed E-state index contributed by atoms with van der Waals surface area (Å²) in [4.78, 5) is 10.1. The number of hydrogen-bond donors (Lipinski definition) is 1. The molecule has 0 radical (unpaired) electrons. The third-order valence-corrected chi connectivity index (χ3v) is 2.32. The number of nitro groups is 1. The Balaban J connectivity index is 3.24. The van der Waals surface area contributed by atoms with Gasteiger partial charge in [-0.05, 0) is 13.0 Å². The largest absolute Gasteiger partial charge is 0.380 e. The third-order valence-electron chi connectivity index (χ3n) is 1.60. The number of rotatable bonds is 3. The van der Waals surface area contributed by atoms with Gasteiger partial charge in [0.15, 0.2) is 0 Å². The van der Waals surface area contributed by atoms with Crippen molar-refractivity contribution in [3.63, 3.8) is 0 Å². The van der Waals surface area contributed by atoms with Crippen LogP contribution in [-0.2, 0) is 0 Å². The molecule has 0 fully saturated rings. The number of benzene rings is 1. The quantitative estimate of drug-likeness (QED) is 0.645. The van der Waals surface area contributed by atoms with E-state index >= 15 is 0 Å². The molecule has 0 aromatic heterocycles. The molecule has 0 aliphatic rings. The molecule has 1 aromatic carbocycles. The number of halogens is 2. The summed E-state index contributed by atoms with van der Waals surface area (Å²) in [6.07, 6.45) is 0. The van der Waals surface area contributed by atoms with Gasteiger partial charge in [-0.15, -0.1) is 0 Å². The Morgan fingerprint density at radius 1 is 1.43 bits per heavy atom. The first kappa shape index (κ1) is 11.1. The lowest BCUT2D eigenvalue weighted by molar-refractivity contribution is -0.383. The van der Waals surface area contributed by atoms with Crippen LogP contribution in [0.25, 0.3) is 0 Å². The van der Waals surface area contributed by atoms with Crippen molar-refractivity contribution < 1.29 is 4.92 Å². The highest BCUT2D eigenvalue weighted by Crippen LogP contribution is 2.33. The molecule has 0 saturated heterocycles. The second-order valence-electron chi connectivity index (χ2n) is 2.57. The molecule has 0 aliphatic heterocycles. The van der Waals surface area contributed by atoms with E-state index in [1.54, 1.807) is 0 Å². The van der Waals surface area contributed by atoms with Gasteiger partial charge in [0.25, 0.3) is 5.69 Å². The van der Waals surface area contributed by atoms with Gasteiger partial charge in [-0.1, -0.05) is 23.2 Å². The molecule has 0 atom stereocenters. The summed E-state index contributed by atoms with van der Waals surface area (Å²) >= 11 is 11.4. The monoisotopic (exact) mass is 234 g/mol. The van der Waals surface area contributed by atoms with Crippen molar-refractivity contribution in [2.45, 2.75) is 6.92 Å². The van der Waals surface area contributed by atoms with E-state index in [0.717, 1.165) is 0 Å². The van der Waals surface area contributed by atoms with E-state index < -0.39 is 4.92 Å². The van der Waals surface area contributed by atoms with Gasteiger partial charge in [-0.25, -0.2) is 0 Å². The minimum atomic E-state index is -0.500. The molecule has 1 aromatic rings. The Kier molecular flexibility index (Phi) is 3.55. The molecular formula is C8H8Cl2N2O2. The highest BCUT2D eigenvalue weighted by atomic mass is 35.5. The molecule has 76 valence electrons. The van der Waals surface area contributed by atoms with Gasteiger partial charge in [-0.2, -0.15) is 0 Å². The van der Waals surface area contributed by atoms with Crippen LogP contribution < -0.4 is 5.32 Å².